The van der Waals surface area contributed by atoms with Gasteiger partial charge in [-0.2, -0.15) is 0 Å². The number of rotatable bonds is 5. The van der Waals surface area contributed by atoms with Gasteiger partial charge in [0.25, 0.3) is 0 Å². The highest BCUT2D eigenvalue weighted by atomic mass is 16.7. The van der Waals surface area contributed by atoms with Crippen molar-refractivity contribution in [1.29, 1.82) is 0 Å². The van der Waals surface area contributed by atoms with Crippen molar-refractivity contribution < 1.29 is 19.0 Å². The van der Waals surface area contributed by atoms with Gasteiger partial charge >= 0.3 is 5.97 Å². The molecule has 0 aromatic heterocycles. The molecule has 0 saturated carbocycles. The normalized spacial score (nSPS) is 10.0. The van der Waals surface area contributed by atoms with Crippen molar-refractivity contribution in [3.05, 3.63) is 35.4 Å². The van der Waals surface area contributed by atoms with Crippen LogP contribution in [0.2, 0.25) is 0 Å². The van der Waals surface area contributed by atoms with Gasteiger partial charge in [-0.05, 0) is 17.7 Å². The molecule has 0 radical (unpaired) electrons. The van der Waals surface area contributed by atoms with E-state index in [1.807, 2.05) is 12.1 Å². The number of carbonyl (C=O) groups is 1. The maximum Gasteiger partial charge on any atom is 0.337 e. The minimum absolute atomic E-state index is 0.263. The van der Waals surface area contributed by atoms with E-state index in [-0.39, 0.29) is 12.8 Å². The van der Waals surface area contributed by atoms with Crippen LogP contribution in [-0.2, 0) is 20.8 Å². The Balaban J connectivity index is 2.52. The molecule has 0 aliphatic carbocycles. The predicted molar refractivity (Wildman–Crippen MR) is 54.4 cm³/mol. The second-order valence-corrected chi connectivity index (χ2v) is 2.94. The van der Waals surface area contributed by atoms with E-state index in [0.717, 1.165) is 5.56 Å². The number of esters is 1. The van der Waals surface area contributed by atoms with Crippen molar-refractivity contribution in [3.63, 3.8) is 0 Å². The van der Waals surface area contributed by atoms with Crippen molar-refractivity contribution in [1.82, 2.24) is 0 Å². The lowest BCUT2D eigenvalue weighted by atomic mass is 10.1. The smallest absolute Gasteiger partial charge is 0.337 e. The Bertz CT molecular complexity index is 305. The molecule has 0 N–H and O–H groups in total. The summed E-state index contributed by atoms with van der Waals surface area (Å²) in [5.74, 6) is -0.334. The Morgan fingerprint density at radius 3 is 2.40 bits per heavy atom. The van der Waals surface area contributed by atoms with Crippen LogP contribution < -0.4 is 0 Å². The minimum Gasteiger partial charge on any atom is -0.465 e. The second kappa shape index (κ2) is 6.16. The van der Waals surface area contributed by atoms with Crippen LogP contribution in [0.1, 0.15) is 15.9 Å². The van der Waals surface area contributed by atoms with Gasteiger partial charge in [-0.25, -0.2) is 4.79 Å². The van der Waals surface area contributed by atoms with Crippen molar-refractivity contribution in [2.45, 2.75) is 6.61 Å². The van der Waals surface area contributed by atoms with Crippen molar-refractivity contribution >= 4 is 5.97 Å². The van der Waals surface area contributed by atoms with Crippen LogP contribution in [0.5, 0.6) is 0 Å². The van der Waals surface area contributed by atoms with Crippen LogP contribution in [0, 0.1) is 0 Å². The van der Waals surface area contributed by atoms with Gasteiger partial charge in [-0.1, -0.05) is 12.1 Å². The maximum absolute atomic E-state index is 11.1. The molecule has 0 aliphatic heterocycles. The molecule has 15 heavy (non-hydrogen) atoms. The average Bonchev–Trinajstić information content (AvgIpc) is 2.29. The first-order chi connectivity index (χ1) is 7.27. The molecule has 1 aromatic carbocycles. The van der Waals surface area contributed by atoms with Crippen molar-refractivity contribution in [3.8, 4) is 0 Å². The molecule has 4 nitrogen and oxygen atoms in total. The van der Waals surface area contributed by atoms with Gasteiger partial charge in [-0.3, -0.25) is 0 Å². The van der Waals surface area contributed by atoms with Gasteiger partial charge in [0.2, 0.25) is 0 Å². The molecule has 0 atom stereocenters. The SMILES string of the molecule is COCOCc1ccc(C(=O)OC)cc1. The van der Waals surface area contributed by atoms with Crippen molar-refractivity contribution in [2.75, 3.05) is 21.0 Å². The summed E-state index contributed by atoms with van der Waals surface area (Å²) in [5, 5.41) is 0. The van der Waals surface area contributed by atoms with E-state index in [1.54, 1.807) is 19.2 Å². The first kappa shape index (κ1) is 11.7. The number of hydrogen-bond acceptors (Lipinski definition) is 4. The summed E-state index contributed by atoms with van der Waals surface area (Å²) in [5.41, 5.74) is 1.52. The number of methoxy groups -OCH3 is 2. The van der Waals surface area contributed by atoms with Crippen LogP contribution in [0.25, 0.3) is 0 Å². The summed E-state index contributed by atoms with van der Waals surface area (Å²) >= 11 is 0. The molecule has 4 heteroatoms. The molecule has 0 unspecified atom stereocenters. The standard InChI is InChI=1S/C11H14O4/c1-13-8-15-7-9-3-5-10(6-4-9)11(12)14-2/h3-6H,7-8H2,1-2H3. The lowest BCUT2D eigenvalue weighted by Gasteiger charge is -2.03. The zero-order chi connectivity index (χ0) is 11.1. The van der Waals surface area contributed by atoms with Crippen LogP contribution in [0.4, 0.5) is 0 Å². The minimum atomic E-state index is -0.334. The summed E-state index contributed by atoms with van der Waals surface area (Å²) in [4.78, 5) is 11.1. The van der Waals surface area contributed by atoms with Crippen LogP contribution >= 0.6 is 0 Å². The molecule has 0 fully saturated rings. The number of benzene rings is 1. The van der Waals surface area contributed by atoms with Gasteiger partial charge < -0.3 is 14.2 Å². The highest BCUT2D eigenvalue weighted by Gasteiger charge is 2.03. The maximum atomic E-state index is 11.1. The van der Waals surface area contributed by atoms with E-state index in [1.165, 1.54) is 7.11 Å². The van der Waals surface area contributed by atoms with Gasteiger partial charge in [-0.15, -0.1) is 0 Å². The van der Waals surface area contributed by atoms with Crippen LogP contribution in [0.3, 0.4) is 0 Å². The predicted octanol–water partition coefficient (Wildman–Crippen LogP) is 1.59. The molecular formula is C11H14O4. The van der Waals surface area contributed by atoms with Crippen LogP contribution in [-0.4, -0.2) is 27.0 Å². The summed E-state index contributed by atoms with van der Waals surface area (Å²) in [6.45, 7) is 0.730. The molecule has 0 bridgehead atoms. The summed E-state index contributed by atoms with van der Waals surface area (Å²) in [7, 11) is 2.93. The van der Waals surface area contributed by atoms with E-state index in [0.29, 0.717) is 12.2 Å². The first-order valence-electron chi connectivity index (χ1n) is 4.52. The zero-order valence-corrected chi connectivity index (χ0v) is 8.86. The first-order valence-corrected chi connectivity index (χ1v) is 4.52. The zero-order valence-electron chi connectivity index (χ0n) is 8.86. The van der Waals surface area contributed by atoms with Crippen LogP contribution in [0.15, 0.2) is 24.3 Å². The molecule has 0 aliphatic rings. The van der Waals surface area contributed by atoms with E-state index in [2.05, 4.69) is 4.74 Å². The third-order valence-electron chi connectivity index (χ3n) is 1.84. The number of carbonyl (C=O) groups excluding carboxylic acids is 1. The lowest BCUT2D eigenvalue weighted by molar-refractivity contribution is -0.0390. The fourth-order valence-corrected chi connectivity index (χ4v) is 1.10. The van der Waals surface area contributed by atoms with Gasteiger partial charge in [0, 0.05) is 7.11 Å². The Hall–Kier alpha value is -1.39. The van der Waals surface area contributed by atoms with E-state index in [9.17, 15) is 4.79 Å². The Morgan fingerprint density at radius 1 is 1.20 bits per heavy atom. The average molecular weight is 210 g/mol. The summed E-state index contributed by atoms with van der Waals surface area (Å²) < 4.78 is 14.5. The molecule has 1 aromatic rings. The molecule has 1 rings (SSSR count). The Morgan fingerprint density at radius 2 is 1.87 bits per heavy atom. The van der Waals surface area contributed by atoms with E-state index >= 15 is 0 Å². The molecule has 0 spiro atoms. The number of hydrogen-bond donors (Lipinski definition) is 0. The third-order valence-corrected chi connectivity index (χ3v) is 1.84. The fraction of sp³-hybridized carbons (Fsp3) is 0.364. The number of ether oxygens (including phenoxy) is 3. The highest BCUT2D eigenvalue weighted by Crippen LogP contribution is 2.06. The van der Waals surface area contributed by atoms with Gasteiger partial charge in [0.1, 0.15) is 6.79 Å². The second-order valence-electron chi connectivity index (χ2n) is 2.94. The molecule has 0 heterocycles. The van der Waals surface area contributed by atoms with Gasteiger partial charge in [0.05, 0.1) is 19.3 Å². The monoisotopic (exact) mass is 210 g/mol. The molecule has 0 amide bonds. The van der Waals surface area contributed by atoms with Crippen molar-refractivity contribution in [2.24, 2.45) is 0 Å². The van der Waals surface area contributed by atoms with Gasteiger partial charge in [0.15, 0.2) is 0 Å². The molecule has 82 valence electrons. The van der Waals surface area contributed by atoms with E-state index in [4.69, 9.17) is 9.47 Å². The topological polar surface area (TPSA) is 44.8 Å². The summed E-state index contributed by atoms with van der Waals surface area (Å²) in [6.07, 6.45) is 0. The molecular weight excluding hydrogens is 196 g/mol. The fourth-order valence-electron chi connectivity index (χ4n) is 1.10. The third kappa shape index (κ3) is 3.69. The quantitative estimate of drug-likeness (QED) is 0.420. The molecule has 0 saturated heterocycles. The summed E-state index contributed by atoms with van der Waals surface area (Å²) in [6, 6.07) is 7.05. The lowest BCUT2D eigenvalue weighted by Crippen LogP contribution is -2.01. The Labute approximate surface area is 88.8 Å². The van der Waals surface area contributed by atoms with E-state index < -0.39 is 0 Å². The highest BCUT2D eigenvalue weighted by molar-refractivity contribution is 5.89. The largest absolute Gasteiger partial charge is 0.465 e. The Kier molecular flexibility index (Phi) is 4.80.